The van der Waals surface area contributed by atoms with Crippen molar-refractivity contribution in [3.05, 3.63) is 33.5 Å². The second kappa shape index (κ2) is 5.39. The van der Waals surface area contributed by atoms with Crippen LogP contribution < -0.4 is 16.0 Å². The highest BCUT2D eigenvalue weighted by atomic mass is 79.9. The number of rotatable bonds is 4. The van der Waals surface area contributed by atoms with E-state index in [1.54, 1.807) is 12.1 Å². The third-order valence-corrected chi connectivity index (χ3v) is 3.16. The number of hydrogen-bond donors (Lipinski definition) is 2. The summed E-state index contributed by atoms with van der Waals surface area (Å²) in [5.74, 6) is 4.91. The van der Waals surface area contributed by atoms with Gasteiger partial charge in [0.15, 0.2) is 16.6 Å². The molecule has 0 bridgehead atoms. The van der Waals surface area contributed by atoms with Gasteiger partial charge in [0, 0.05) is 4.47 Å². The first-order valence-corrected chi connectivity index (χ1v) is 6.17. The van der Waals surface area contributed by atoms with E-state index >= 15 is 0 Å². The summed E-state index contributed by atoms with van der Waals surface area (Å²) in [6.07, 6.45) is 0. The molecule has 1 aromatic carbocycles. The monoisotopic (exact) mass is 318 g/mol. The molecule has 2 aromatic rings. The first-order valence-electron chi connectivity index (χ1n) is 4.56. The second-order valence-electron chi connectivity index (χ2n) is 3.01. The largest absolute Gasteiger partial charge is 0.483 e. The molecule has 0 fully saturated rings. The minimum absolute atomic E-state index is 0.151. The van der Waals surface area contributed by atoms with Gasteiger partial charge in [0.2, 0.25) is 5.13 Å². The van der Waals surface area contributed by atoms with Crippen LogP contribution in [0.5, 0.6) is 5.75 Å². The van der Waals surface area contributed by atoms with E-state index in [9.17, 15) is 4.39 Å². The minimum atomic E-state index is -0.430. The predicted octanol–water partition coefficient (Wildman–Crippen LogP) is 2.30. The van der Waals surface area contributed by atoms with Crippen LogP contribution in [0.25, 0.3) is 0 Å². The van der Waals surface area contributed by atoms with Gasteiger partial charge < -0.3 is 4.74 Å². The van der Waals surface area contributed by atoms with Gasteiger partial charge in [-0.15, -0.1) is 10.2 Å². The lowest BCUT2D eigenvalue weighted by Crippen LogP contribution is -2.05. The number of hydrogen-bond acceptors (Lipinski definition) is 6. The predicted molar refractivity (Wildman–Crippen MR) is 66.2 cm³/mol. The van der Waals surface area contributed by atoms with E-state index in [1.807, 2.05) is 0 Å². The fourth-order valence-electron chi connectivity index (χ4n) is 1.10. The van der Waals surface area contributed by atoms with Crippen LogP contribution >= 0.6 is 27.3 Å². The summed E-state index contributed by atoms with van der Waals surface area (Å²) in [6.45, 7) is 0.151. The summed E-state index contributed by atoms with van der Waals surface area (Å²) < 4.78 is 19.3. The molecule has 0 aliphatic heterocycles. The van der Waals surface area contributed by atoms with E-state index in [2.05, 4.69) is 31.6 Å². The number of nitrogen functional groups attached to an aromatic ring is 1. The summed E-state index contributed by atoms with van der Waals surface area (Å²) in [4.78, 5) is 0. The number of halogens is 2. The van der Waals surface area contributed by atoms with Crippen molar-refractivity contribution in [2.75, 3.05) is 5.43 Å². The maximum atomic E-state index is 13.4. The molecule has 1 heterocycles. The third kappa shape index (κ3) is 3.11. The molecule has 17 heavy (non-hydrogen) atoms. The number of benzene rings is 1. The first-order chi connectivity index (χ1) is 8.19. The van der Waals surface area contributed by atoms with Gasteiger partial charge in [0.05, 0.1) is 0 Å². The lowest BCUT2D eigenvalue weighted by molar-refractivity contribution is 0.289. The van der Waals surface area contributed by atoms with Crippen molar-refractivity contribution in [1.82, 2.24) is 10.2 Å². The number of ether oxygens (including phenoxy) is 1. The zero-order valence-electron chi connectivity index (χ0n) is 8.48. The Morgan fingerprint density at radius 2 is 2.29 bits per heavy atom. The average molecular weight is 319 g/mol. The Morgan fingerprint density at radius 3 is 2.94 bits per heavy atom. The second-order valence-corrected chi connectivity index (χ2v) is 4.99. The summed E-state index contributed by atoms with van der Waals surface area (Å²) in [5, 5.41) is 8.65. The Hall–Kier alpha value is -1.25. The van der Waals surface area contributed by atoms with Crippen LogP contribution in [0.4, 0.5) is 9.52 Å². The van der Waals surface area contributed by atoms with Gasteiger partial charge in [-0.25, -0.2) is 10.2 Å². The van der Waals surface area contributed by atoms with E-state index in [0.29, 0.717) is 14.6 Å². The van der Waals surface area contributed by atoms with Crippen LogP contribution in [0, 0.1) is 5.82 Å². The van der Waals surface area contributed by atoms with E-state index in [0.717, 1.165) is 0 Å². The maximum absolute atomic E-state index is 13.4. The highest BCUT2D eigenvalue weighted by Gasteiger charge is 2.07. The fraction of sp³-hybridized carbons (Fsp3) is 0.111. The van der Waals surface area contributed by atoms with Crippen molar-refractivity contribution < 1.29 is 9.13 Å². The van der Waals surface area contributed by atoms with Gasteiger partial charge in [-0.05, 0) is 18.2 Å². The van der Waals surface area contributed by atoms with Gasteiger partial charge in [0.25, 0.3) is 0 Å². The lowest BCUT2D eigenvalue weighted by Gasteiger charge is -2.04. The van der Waals surface area contributed by atoms with Crippen molar-refractivity contribution in [1.29, 1.82) is 0 Å². The van der Waals surface area contributed by atoms with Crippen LogP contribution in [0.15, 0.2) is 22.7 Å². The molecule has 1 aromatic heterocycles. The number of nitrogens with zero attached hydrogens (tertiary/aromatic N) is 2. The molecule has 0 saturated heterocycles. The highest BCUT2D eigenvalue weighted by Crippen LogP contribution is 2.23. The highest BCUT2D eigenvalue weighted by molar-refractivity contribution is 9.10. The van der Waals surface area contributed by atoms with Crippen molar-refractivity contribution >= 4 is 32.4 Å². The molecule has 5 nitrogen and oxygen atoms in total. The zero-order valence-corrected chi connectivity index (χ0v) is 10.9. The smallest absolute Gasteiger partial charge is 0.219 e. The van der Waals surface area contributed by atoms with Gasteiger partial charge >= 0.3 is 0 Å². The Kier molecular flexibility index (Phi) is 3.87. The quantitative estimate of drug-likeness (QED) is 0.668. The number of aromatic nitrogens is 2. The molecule has 0 amide bonds. The first kappa shape index (κ1) is 12.2. The molecule has 0 spiro atoms. The van der Waals surface area contributed by atoms with Gasteiger partial charge in [-0.2, -0.15) is 0 Å². The molecular formula is C9H8BrFN4OS. The molecule has 0 unspecified atom stereocenters. The normalized spacial score (nSPS) is 10.3. The topological polar surface area (TPSA) is 73.1 Å². The van der Waals surface area contributed by atoms with Crippen LogP contribution in [-0.4, -0.2) is 10.2 Å². The van der Waals surface area contributed by atoms with Crippen LogP contribution in [-0.2, 0) is 6.61 Å². The van der Waals surface area contributed by atoms with Gasteiger partial charge in [0.1, 0.15) is 6.61 Å². The Bertz CT molecular complexity index is 521. The molecule has 8 heteroatoms. The zero-order chi connectivity index (χ0) is 12.3. The third-order valence-electron chi connectivity index (χ3n) is 1.84. The number of nitrogens with one attached hydrogen (secondary N) is 1. The molecule has 3 N–H and O–H groups in total. The lowest BCUT2D eigenvalue weighted by atomic mass is 10.3. The minimum Gasteiger partial charge on any atom is -0.483 e. The van der Waals surface area contributed by atoms with E-state index in [-0.39, 0.29) is 12.4 Å². The molecule has 0 aliphatic rings. The molecule has 2 rings (SSSR count). The Balaban J connectivity index is 2.02. The molecule has 0 atom stereocenters. The van der Waals surface area contributed by atoms with Crippen molar-refractivity contribution in [3.8, 4) is 5.75 Å². The van der Waals surface area contributed by atoms with E-state index < -0.39 is 5.82 Å². The van der Waals surface area contributed by atoms with E-state index in [1.165, 1.54) is 17.4 Å². The van der Waals surface area contributed by atoms with E-state index in [4.69, 9.17) is 10.6 Å². The standard InChI is InChI=1S/C9H8BrFN4OS/c10-5-1-2-7(6(11)3-5)16-4-8-14-15-9(13-12)17-8/h1-3H,4,12H2,(H,13,15). The van der Waals surface area contributed by atoms with Crippen molar-refractivity contribution in [2.45, 2.75) is 6.61 Å². The Morgan fingerprint density at radius 1 is 1.47 bits per heavy atom. The molecule has 0 radical (unpaired) electrons. The summed E-state index contributed by atoms with van der Waals surface area (Å²) in [6, 6.07) is 4.58. The summed E-state index contributed by atoms with van der Waals surface area (Å²) >= 11 is 4.41. The molecule has 90 valence electrons. The SMILES string of the molecule is NNc1nnc(COc2ccc(Br)cc2F)s1. The summed E-state index contributed by atoms with van der Waals surface area (Å²) in [7, 11) is 0. The van der Waals surface area contributed by atoms with Gasteiger partial charge in [-0.1, -0.05) is 27.3 Å². The summed E-state index contributed by atoms with van der Waals surface area (Å²) in [5.41, 5.74) is 2.37. The van der Waals surface area contributed by atoms with Crippen LogP contribution in [0.2, 0.25) is 0 Å². The number of hydrazine groups is 1. The number of nitrogens with two attached hydrogens (primary N) is 1. The average Bonchev–Trinajstić information content (AvgIpc) is 2.76. The molecule has 0 saturated carbocycles. The maximum Gasteiger partial charge on any atom is 0.219 e. The van der Waals surface area contributed by atoms with Crippen molar-refractivity contribution in [3.63, 3.8) is 0 Å². The number of anilines is 1. The van der Waals surface area contributed by atoms with Gasteiger partial charge in [-0.3, -0.25) is 5.43 Å². The van der Waals surface area contributed by atoms with Crippen molar-refractivity contribution in [2.24, 2.45) is 5.84 Å². The Labute approximate surface area is 109 Å². The fourth-order valence-corrected chi connectivity index (χ4v) is 2.00. The van der Waals surface area contributed by atoms with Crippen LogP contribution in [0.1, 0.15) is 5.01 Å². The van der Waals surface area contributed by atoms with Crippen LogP contribution in [0.3, 0.4) is 0 Å². The molecular weight excluding hydrogens is 311 g/mol. The molecule has 0 aliphatic carbocycles.